The number of guanidine groups is 1. The number of aliphatic imine (C=N–C) groups is 1. The van der Waals surface area contributed by atoms with Crippen molar-refractivity contribution in [2.75, 3.05) is 34.2 Å². The monoisotopic (exact) mass is 380 g/mol. The Bertz CT molecular complexity index is 562. The zero-order valence-corrected chi connectivity index (χ0v) is 16.5. The molecular weight excluding hydrogens is 352 g/mol. The van der Waals surface area contributed by atoms with Crippen molar-refractivity contribution < 1.29 is 0 Å². The van der Waals surface area contributed by atoms with Crippen LogP contribution in [0.1, 0.15) is 32.3 Å². The summed E-state index contributed by atoms with van der Waals surface area (Å²) in [6, 6.07) is 8.54. The number of hydrogen-bond donors (Lipinski definition) is 2. The van der Waals surface area contributed by atoms with E-state index < -0.39 is 0 Å². The van der Waals surface area contributed by atoms with Gasteiger partial charge in [0.25, 0.3) is 0 Å². The molecular formula is C18H29BrN4. The van der Waals surface area contributed by atoms with Crippen LogP contribution in [0.2, 0.25) is 0 Å². The van der Waals surface area contributed by atoms with E-state index in [1.54, 1.807) is 0 Å². The molecule has 0 aromatic heterocycles. The molecule has 1 aromatic rings. The molecule has 1 saturated carbocycles. The molecule has 0 aliphatic heterocycles. The van der Waals surface area contributed by atoms with Gasteiger partial charge >= 0.3 is 0 Å². The lowest BCUT2D eigenvalue weighted by atomic mass is 9.96. The number of rotatable bonds is 6. The highest BCUT2D eigenvalue weighted by molar-refractivity contribution is 9.10. The molecule has 128 valence electrons. The van der Waals surface area contributed by atoms with Gasteiger partial charge < -0.3 is 15.5 Å². The molecule has 0 radical (unpaired) electrons. The molecule has 2 N–H and O–H groups in total. The van der Waals surface area contributed by atoms with Crippen LogP contribution < -0.4 is 10.6 Å². The van der Waals surface area contributed by atoms with E-state index in [9.17, 15) is 0 Å². The van der Waals surface area contributed by atoms with E-state index >= 15 is 0 Å². The van der Waals surface area contributed by atoms with E-state index in [2.05, 4.69) is 88.7 Å². The molecule has 23 heavy (non-hydrogen) atoms. The third kappa shape index (κ3) is 4.48. The number of benzene rings is 1. The van der Waals surface area contributed by atoms with Crippen molar-refractivity contribution in [3.8, 4) is 0 Å². The van der Waals surface area contributed by atoms with Crippen LogP contribution in [0.15, 0.2) is 33.7 Å². The van der Waals surface area contributed by atoms with Gasteiger partial charge in [-0.25, -0.2) is 0 Å². The Balaban J connectivity index is 1.93. The smallest absolute Gasteiger partial charge is 0.191 e. The van der Waals surface area contributed by atoms with Crippen molar-refractivity contribution >= 4 is 21.9 Å². The first-order chi connectivity index (χ1) is 10.8. The minimum atomic E-state index is 0.0807. The second kappa shape index (κ2) is 7.22. The van der Waals surface area contributed by atoms with Gasteiger partial charge in [0.1, 0.15) is 0 Å². The van der Waals surface area contributed by atoms with Gasteiger partial charge in [-0.15, -0.1) is 0 Å². The zero-order chi connectivity index (χ0) is 17.1. The summed E-state index contributed by atoms with van der Waals surface area (Å²) in [5, 5.41) is 6.95. The molecule has 0 saturated heterocycles. The van der Waals surface area contributed by atoms with E-state index in [4.69, 9.17) is 0 Å². The van der Waals surface area contributed by atoms with Crippen molar-refractivity contribution in [2.45, 2.75) is 37.6 Å². The summed E-state index contributed by atoms with van der Waals surface area (Å²) in [4.78, 5) is 6.58. The van der Waals surface area contributed by atoms with E-state index in [0.717, 1.165) is 19.0 Å². The first-order valence-electron chi connectivity index (χ1n) is 8.18. The summed E-state index contributed by atoms with van der Waals surface area (Å²) in [6.45, 7) is 6.20. The minimum Gasteiger partial charge on any atom is -0.356 e. The number of likely N-dealkylation sites (N-methyl/N-ethyl adjacent to an activating group) is 1. The third-order valence-corrected chi connectivity index (χ3v) is 5.71. The van der Waals surface area contributed by atoms with Crippen LogP contribution in [-0.2, 0) is 5.41 Å². The van der Waals surface area contributed by atoms with Gasteiger partial charge in [0.05, 0.1) is 0 Å². The largest absolute Gasteiger partial charge is 0.356 e. The average Bonchev–Trinajstić information content (AvgIpc) is 3.28. The van der Waals surface area contributed by atoms with Crippen LogP contribution in [0, 0.1) is 0 Å². The molecule has 0 atom stereocenters. The highest BCUT2D eigenvalue weighted by Crippen LogP contribution is 2.49. The summed E-state index contributed by atoms with van der Waals surface area (Å²) in [6.07, 6.45) is 2.45. The summed E-state index contributed by atoms with van der Waals surface area (Å²) in [7, 11) is 6.03. The summed E-state index contributed by atoms with van der Waals surface area (Å²) >= 11 is 3.69. The molecule has 4 nitrogen and oxygen atoms in total. The quantitative estimate of drug-likeness (QED) is 0.588. The van der Waals surface area contributed by atoms with Crippen molar-refractivity contribution in [1.29, 1.82) is 0 Å². The molecule has 0 unspecified atom stereocenters. The first-order valence-corrected chi connectivity index (χ1v) is 8.97. The predicted molar refractivity (Wildman–Crippen MR) is 102 cm³/mol. The fourth-order valence-corrected chi connectivity index (χ4v) is 3.22. The first kappa shape index (κ1) is 18.3. The van der Waals surface area contributed by atoms with Gasteiger partial charge in [-0.1, -0.05) is 34.1 Å². The highest BCUT2D eigenvalue weighted by Gasteiger charge is 2.45. The van der Waals surface area contributed by atoms with E-state index in [1.165, 1.54) is 22.9 Å². The van der Waals surface area contributed by atoms with Gasteiger partial charge in [-0.2, -0.15) is 0 Å². The molecule has 1 aliphatic rings. The Hall–Kier alpha value is -1.07. The number of nitrogens with zero attached hydrogens (tertiary/aromatic N) is 2. The van der Waals surface area contributed by atoms with Crippen LogP contribution in [0.4, 0.5) is 0 Å². The standard InChI is InChI=1S/C18H29BrN4/c1-17(2,23(4)5)12-21-16(20-3)22-13-18(10-11-18)14-8-6-7-9-15(14)19/h6-9H,10-13H2,1-5H3,(H2,20,21,22). The molecule has 0 bridgehead atoms. The molecule has 0 heterocycles. The number of halogens is 1. The van der Waals surface area contributed by atoms with Gasteiger partial charge in [0, 0.05) is 35.6 Å². The zero-order valence-electron chi connectivity index (χ0n) is 14.9. The fraction of sp³-hybridized carbons (Fsp3) is 0.611. The van der Waals surface area contributed by atoms with E-state index in [0.29, 0.717) is 0 Å². The molecule has 0 amide bonds. The average molecular weight is 381 g/mol. The molecule has 2 rings (SSSR count). The van der Waals surface area contributed by atoms with Crippen molar-refractivity contribution in [1.82, 2.24) is 15.5 Å². The number of nitrogens with one attached hydrogen (secondary N) is 2. The second-order valence-electron chi connectivity index (χ2n) is 7.25. The third-order valence-electron chi connectivity index (χ3n) is 5.02. The van der Waals surface area contributed by atoms with Gasteiger partial charge in [-0.05, 0) is 52.4 Å². The maximum absolute atomic E-state index is 4.36. The Morgan fingerprint density at radius 2 is 1.91 bits per heavy atom. The minimum absolute atomic E-state index is 0.0807. The van der Waals surface area contributed by atoms with Gasteiger partial charge in [0.2, 0.25) is 0 Å². The normalized spacial score (nSPS) is 17.3. The van der Waals surface area contributed by atoms with E-state index in [1.807, 2.05) is 7.05 Å². The lowest BCUT2D eigenvalue weighted by molar-refractivity contribution is 0.197. The molecule has 5 heteroatoms. The lowest BCUT2D eigenvalue weighted by Gasteiger charge is -2.33. The Morgan fingerprint density at radius 1 is 1.26 bits per heavy atom. The van der Waals surface area contributed by atoms with Crippen LogP contribution >= 0.6 is 15.9 Å². The number of hydrogen-bond acceptors (Lipinski definition) is 2. The maximum Gasteiger partial charge on any atom is 0.191 e. The molecule has 1 aromatic carbocycles. The van der Waals surface area contributed by atoms with Crippen LogP contribution in [0.25, 0.3) is 0 Å². The van der Waals surface area contributed by atoms with Crippen LogP contribution in [0.5, 0.6) is 0 Å². The van der Waals surface area contributed by atoms with E-state index in [-0.39, 0.29) is 11.0 Å². The van der Waals surface area contributed by atoms with Crippen LogP contribution in [-0.4, -0.2) is 50.6 Å². The summed E-state index contributed by atoms with van der Waals surface area (Å²) < 4.78 is 1.20. The molecule has 1 aliphatic carbocycles. The SMILES string of the molecule is CN=C(NCC1(c2ccccc2Br)CC1)NCC(C)(C)N(C)C. The topological polar surface area (TPSA) is 39.7 Å². The summed E-state index contributed by atoms with van der Waals surface area (Å²) in [5.74, 6) is 0.873. The second-order valence-corrected chi connectivity index (χ2v) is 8.10. The fourth-order valence-electron chi connectivity index (χ4n) is 2.52. The Kier molecular flexibility index (Phi) is 5.74. The lowest BCUT2D eigenvalue weighted by Crippen LogP contribution is -2.51. The Morgan fingerprint density at radius 3 is 2.43 bits per heavy atom. The summed E-state index contributed by atoms with van der Waals surface area (Å²) in [5.41, 5.74) is 1.73. The highest BCUT2D eigenvalue weighted by atomic mass is 79.9. The van der Waals surface area contributed by atoms with Crippen LogP contribution in [0.3, 0.4) is 0 Å². The molecule has 1 fully saturated rings. The van der Waals surface area contributed by atoms with Gasteiger partial charge in [-0.3, -0.25) is 4.99 Å². The maximum atomic E-state index is 4.36. The molecule has 0 spiro atoms. The predicted octanol–water partition coefficient (Wildman–Crippen LogP) is 2.99. The van der Waals surface area contributed by atoms with Crippen molar-refractivity contribution in [3.05, 3.63) is 34.3 Å². The van der Waals surface area contributed by atoms with Crippen molar-refractivity contribution in [2.24, 2.45) is 4.99 Å². The Labute approximate surface area is 148 Å². The van der Waals surface area contributed by atoms with Gasteiger partial charge in [0.15, 0.2) is 5.96 Å². The van der Waals surface area contributed by atoms with Crippen molar-refractivity contribution in [3.63, 3.8) is 0 Å².